The average Bonchev–Trinajstić information content (AvgIpc) is 2.86. The lowest BCUT2D eigenvalue weighted by Crippen LogP contribution is -2.40. The molecule has 3 saturated heterocycles. The highest BCUT2D eigenvalue weighted by Crippen LogP contribution is 2.59. The third kappa shape index (κ3) is 2.60. The van der Waals surface area contributed by atoms with Gasteiger partial charge in [-0.25, -0.2) is 4.67 Å². The zero-order valence-corrected chi connectivity index (χ0v) is 13.3. The van der Waals surface area contributed by atoms with Gasteiger partial charge in [-0.1, -0.05) is 37.9 Å². The van der Waals surface area contributed by atoms with E-state index in [1.165, 1.54) is 56.8 Å². The van der Waals surface area contributed by atoms with E-state index in [1.54, 1.807) is 0 Å². The van der Waals surface area contributed by atoms with Crippen LogP contribution in [0.15, 0.2) is 0 Å². The third-order valence-corrected chi connectivity index (χ3v) is 11.6. The van der Waals surface area contributed by atoms with Crippen molar-refractivity contribution in [3.05, 3.63) is 0 Å². The topological polar surface area (TPSA) is 12.5 Å². The van der Waals surface area contributed by atoms with E-state index in [0.717, 1.165) is 0 Å². The molecule has 0 spiro atoms. The van der Waals surface area contributed by atoms with Crippen molar-refractivity contribution in [3.63, 3.8) is 0 Å². The molecule has 0 aliphatic carbocycles. The summed E-state index contributed by atoms with van der Waals surface area (Å²) in [4.78, 5) is 0. The van der Waals surface area contributed by atoms with Crippen LogP contribution in [0.3, 0.4) is 0 Å². The first kappa shape index (κ1) is 12.9. The highest BCUT2D eigenvalue weighted by molar-refractivity contribution is 7.78. The monoisotopic (exact) mass is 291 g/mol. The molecular weight excluding hydrogens is 269 g/mol. The quantitative estimate of drug-likeness (QED) is 0.545. The van der Waals surface area contributed by atoms with Crippen molar-refractivity contribution in [2.24, 2.45) is 0 Å². The van der Waals surface area contributed by atoms with E-state index in [-0.39, 0.29) is 0 Å². The van der Waals surface area contributed by atoms with Crippen LogP contribution in [0.5, 0.6) is 0 Å². The molecule has 98 valence electrons. The molecule has 0 aromatic carbocycles. The van der Waals surface area contributed by atoms with E-state index in [2.05, 4.69) is 11.2 Å². The Bertz CT molecular complexity index is 288. The van der Waals surface area contributed by atoms with Crippen molar-refractivity contribution >= 4 is 27.0 Å². The van der Waals surface area contributed by atoms with Crippen molar-refractivity contribution < 1.29 is 4.52 Å². The van der Waals surface area contributed by atoms with Crippen molar-refractivity contribution in [3.8, 4) is 0 Å². The Balaban J connectivity index is 1.65. The molecule has 0 aromatic heterocycles. The summed E-state index contributed by atoms with van der Waals surface area (Å²) >= 11 is 6.35. The zero-order chi connectivity index (χ0) is 11.9. The van der Waals surface area contributed by atoms with Gasteiger partial charge in [-0.3, -0.25) is 0 Å². The molecular formula is C12H23ClNOPSi. The summed E-state index contributed by atoms with van der Waals surface area (Å²) in [6.45, 7) is 3.78. The standard InChI is InChI=1S/C12H23ClNOPSi/c1-17(8-3-2-4-9-17)10-12-11-6-5-7-14(11)16(13)15-12/h11-12H,2-10H2,1H3/t11-,12+,16?/m0/s1. The number of fused-ring (bicyclic) bond motifs is 1. The Morgan fingerprint density at radius 1 is 1.29 bits per heavy atom. The van der Waals surface area contributed by atoms with Crippen LogP contribution >= 0.6 is 18.9 Å². The first-order valence-electron chi connectivity index (χ1n) is 7.07. The summed E-state index contributed by atoms with van der Waals surface area (Å²) in [5.41, 5.74) is 0. The second-order valence-corrected chi connectivity index (χ2v) is 13.4. The smallest absolute Gasteiger partial charge is 0.207 e. The summed E-state index contributed by atoms with van der Waals surface area (Å²) in [6.07, 6.45) is 7.54. The van der Waals surface area contributed by atoms with E-state index in [4.69, 9.17) is 15.8 Å². The first-order chi connectivity index (χ1) is 8.18. The van der Waals surface area contributed by atoms with Crippen LogP contribution in [0.4, 0.5) is 0 Å². The minimum Gasteiger partial charge on any atom is -0.327 e. The molecule has 0 N–H and O–H groups in total. The van der Waals surface area contributed by atoms with Gasteiger partial charge in [0.1, 0.15) is 0 Å². The lowest BCUT2D eigenvalue weighted by Gasteiger charge is -2.34. The molecule has 3 rings (SSSR count). The highest BCUT2D eigenvalue weighted by atomic mass is 35.7. The normalized spacial score (nSPS) is 41.6. The number of rotatable bonds is 2. The Hall–Kier alpha value is 0.857. The maximum atomic E-state index is 6.35. The predicted molar refractivity (Wildman–Crippen MR) is 77.3 cm³/mol. The van der Waals surface area contributed by atoms with Gasteiger partial charge >= 0.3 is 0 Å². The molecule has 0 saturated carbocycles. The molecule has 1 unspecified atom stereocenters. The molecule has 3 fully saturated rings. The van der Waals surface area contributed by atoms with E-state index < -0.39 is 15.7 Å². The highest BCUT2D eigenvalue weighted by Gasteiger charge is 2.47. The second-order valence-electron chi connectivity index (χ2n) is 6.32. The molecule has 3 aliphatic rings. The fraction of sp³-hybridized carbons (Fsp3) is 1.00. The zero-order valence-electron chi connectivity index (χ0n) is 10.7. The van der Waals surface area contributed by atoms with Crippen LogP contribution in [0.25, 0.3) is 0 Å². The summed E-state index contributed by atoms with van der Waals surface area (Å²) in [5, 5.41) is 0. The number of halogens is 1. The number of hydrogen-bond acceptors (Lipinski definition) is 2. The molecule has 3 atom stereocenters. The van der Waals surface area contributed by atoms with Crippen LogP contribution in [0, 0.1) is 0 Å². The van der Waals surface area contributed by atoms with Gasteiger partial charge in [0, 0.05) is 12.6 Å². The molecule has 17 heavy (non-hydrogen) atoms. The largest absolute Gasteiger partial charge is 0.327 e. The van der Waals surface area contributed by atoms with Gasteiger partial charge in [0.25, 0.3) is 0 Å². The van der Waals surface area contributed by atoms with Crippen LogP contribution in [-0.2, 0) is 4.52 Å². The molecule has 0 radical (unpaired) electrons. The van der Waals surface area contributed by atoms with Crippen LogP contribution in [0.2, 0.25) is 24.7 Å². The van der Waals surface area contributed by atoms with E-state index in [1.807, 2.05) is 0 Å². The first-order valence-corrected chi connectivity index (χ1v) is 12.3. The Morgan fingerprint density at radius 3 is 2.82 bits per heavy atom. The average molecular weight is 292 g/mol. The fourth-order valence-corrected chi connectivity index (χ4v) is 10.4. The Kier molecular flexibility index (Phi) is 3.85. The SMILES string of the molecule is C[Si]1(C[C@H]2OP(Cl)N3CCC[C@@H]23)CCCCC1. The number of hydrogen-bond donors (Lipinski definition) is 0. The third-order valence-electron chi connectivity index (χ3n) is 4.88. The van der Waals surface area contributed by atoms with Crippen LogP contribution in [-0.4, -0.2) is 31.4 Å². The summed E-state index contributed by atoms with van der Waals surface area (Å²) in [5.74, 6) is 0. The molecule has 0 bridgehead atoms. The van der Waals surface area contributed by atoms with Gasteiger partial charge in [0.15, 0.2) is 0 Å². The lowest BCUT2D eigenvalue weighted by atomic mass is 10.1. The van der Waals surface area contributed by atoms with E-state index in [9.17, 15) is 0 Å². The maximum Gasteiger partial charge on any atom is 0.207 e. The molecule has 3 heterocycles. The minimum atomic E-state index is -0.991. The summed E-state index contributed by atoms with van der Waals surface area (Å²) in [7, 11) is -1.76. The summed E-state index contributed by atoms with van der Waals surface area (Å²) in [6, 6.07) is 5.10. The van der Waals surface area contributed by atoms with Crippen molar-refractivity contribution in [1.29, 1.82) is 0 Å². The number of nitrogens with zero attached hydrogens (tertiary/aromatic N) is 1. The van der Waals surface area contributed by atoms with E-state index in [0.29, 0.717) is 12.1 Å². The molecule has 2 nitrogen and oxygen atoms in total. The summed E-state index contributed by atoms with van der Waals surface area (Å²) < 4.78 is 8.53. The van der Waals surface area contributed by atoms with Crippen molar-refractivity contribution in [2.75, 3.05) is 6.54 Å². The van der Waals surface area contributed by atoms with Crippen LogP contribution in [0.1, 0.15) is 32.1 Å². The molecule has 5 heteroatoms. The van der Waals surface area contributed by atoms with Crippen LogP contribution < -0.4 is 0 Å². The molecule has 0 aromatic rings. The van der Waals surface area contributed by atoms with Gasteiger partial charge < -0.3 is 4.52 Å². The Morgan fingerprint density at radius 2 is 2.06 bits per heavy atom. The van der Waals surface area contributed by atoms with E-state index >= 15 is 0 Å². The van der Waals surface area contributed by atoms with Gasteiger partial charge in [0.05, 0.1) is 14.2 Å². The minimum absolute atomic E-state index is 0.482. The van der Waals surface area contributed by atoms with Gasteiger partial charge in [-0.2, -0.15) is 0 Å². The maximum absolute atomic E-state index is 6.35. The molecule has 3 aliphatic heterocycles. The lowest BCUT2D eigenvalue weighted by molar-refractivity contribution is 0.230. The molecule has 0 amide bonds. The van der Waals surface area contributed by atoms with Gasteiger partial charge in [-0.15, -0.1) is 0 Å². The van der Waals surface area contributed by atoms with Crippen molar-refractivity contribution in [2.45, 2.75) is 68.9 Å². The second kappa shape index (κ2) is 5.09. The Labute approximate surface area is 112 Å². The predicted octanol–water partition coefficient (Wildman–Crippen LogP) is 4.58. The fourth-order valence-electron chi connectivity index (χ4n) is 3.86. The van der Waals surface area contributed by atoms with Crippen molar-refractivity contribution in [1.82, 2.24) is 4.67 Å². The van der Waals surface area contributed by atoms with Gasteiger partial charge in [-0.05, 0) is 30.1 Å². The van der Waals surface area contributed by atoms with Gasteiger partial charge in [0.2, 0.25) is 7.65 Å².